The second kappa shape index (κ2) is 9.29. The van der Waals surface area contributed by atoms with Gasteiger partial charge in [0.05, 0.1) is 17.1 Å². The fraction of sp³-hybridized carbons (Fsp3) is 0.333. The summed E-state index contributed by atoms with van der Waals surface area (Å²) >= 11 is 0. The number of esters is 1. The van der Waals surface area contributed by atoms with E-state index in [0.29, 0.717) is 12.0 Å². The molecule has 1 N–H and O–H groups in total. The average molecular weight is 482 g/mol. The summed E-state index contributed by atoms with van der Waals surface area (Å²) in [7, 11) is -7.19. The molecule has 32 heavy (non-hydrogen) atoms. The van der Waals surface area contributed by atoms with Gasteiger partial charge < -0.3 is 14.2 Å². The Morgan fingerprint density at radius 1 is 1.09 bits per heavy atom. The van der Waals surface area contributed by atoms with Crippen molar-refractivity contribution < 1.29 is 35.3 Å². The molecule has 0 radical (unpaired) electrons. The van der Waals surface area contributed by atoms with Gasteiger partial charge >= 0.3 is 16.1 Å². The number of carbonyl (C=O) groups is 2. The number of benzene rings is 2. The van der Waals surface area contributed by atoms with Crippen LogP contribution in [0.2, 0.25) is 0 Å². The lowest BCUT2D eigenvalue weighted by molar-refractivity contribution is -0.124. The van der Waals surface area contributed by atoms with Gasteiger partial charge in [-0.2, -0.15) is 8.42 Å². The van der Waals surface area contributed by atoms with Gasteiger partial charge in [0.1, 0.15) is 10.6 Å². The molecule has 1 aliphatic heterocycles. The Bertz CT molecular complexity index is 1240. The van der Waals surface area contributed by atoms with Gasteiger partial charge in [0.15, 0.2) is 16.4 Å². The summed E-state index contributed by atoms with van der Waals surface area (Å²) in [5.41, 5.74) is 1.41. The van der Waals surface area contributed by atoms with Crippen LogP contribution >= 0.6 is 0 Å². The highest BCUT2D eigenvalue weighted by Crippen LogP contribution is 2.23. The zero-order valence-corrected chi connectivity index (χ0v) is 19.2. The Kier molecular flexibility index (Phi) is 6.89. The monoisotopic (exact) mass is 481 g/mol. The first-order chi connectivity index (χ1) is 14.9. The van der Waals surface area contributed by atoms with Gasteiger partial charge in [-0.1, -0.05) is 12.1 Å². The van der Waals surface area contributed by atoms with E-state index in [1.807, 2.05) is 0 Å². The molecule has 172 valence electrons. The summed E-state index contributed by atoms with van der Waals surface area (Å²) in [6.07, 6.45) is 0.328. The molecule has 1 heterocycles. The molecule has 0 aliphatic carbocycles. The van der Waals surface area contributed by atoms with Crippen molar-refractivity contribution in [3.05, 3.63) is 59.2 Å². The molecule has 1 atom stereocenters. The van der Waals surface area contributed by atoms with Gasteiger partial charge in [0, 0.05) is 6.04 Å². The van der Waals surface area contributed by atoms with Crippen molar-refractivity contribution in [2.24, 2.45) is 0 Å². The minimum absolute atomic E-state index is 0.0163. The molecule has 1 amide bonds. The topological polar surface area (TPSA) is 133 Å². The fourth-order valence-electron chi connectivity index (χ4n) is 3.19. The fourth-order valence-corrected chi connectivity index (χ4v) is 6.11. The molecule has 9 nitrogen and oxygen atoms in total. The lowest BCUT2D eigenvalue weighted by Gasteiger charge is -2.12. The van der Waals surface area contributed by atoms with Crippen LogP contribution in [0, 0.1) is 13.8 Å². The average Bonchev–Trinajstić information content (AvgIpc) is 3.06. The largest absolute Gasteiger partial charge is 0.452 e. The number of hydrogen-bond acceptors (Lipinski definition) is 8. The molecule has 1 saturated heterocycles. The lowest BCUT2D eigenvalue weighted by atomic mass is 10.2. The van der Waals surface area contributed by atoms with E-state index in [2.05, 4.69) is 5.32 Å². The van der Waals surface area contributed by atoms with Crippen molar-refractivity contribution in [1.29, 1.82) is 0 Å². The molecule has 2 aromatic carbocycles. The predicted octanol–water partition coefficient (Wildman–Crippen LogP) is 1.53. The molecule has 0 aromatic heterocycles. The third-order valence-corrected chi connectivity index (χ3v) is 8.00. The summed E-state index contributed by atoms with van der Waals surface area (Å²) in [5, 5.41) is 2.52. The second-order valence-electron chi connectivity index (χ2n) is 7.57. The number of amides is 1. The van der Waals surface area contributed by atoms with Gasteiger partial charge in [0.2, 0.25) is 0 Å². The highest BCUT2D eigenvalue weighted by molar-refractivity contribution is 7.91. The number of ether oxygens (including phenoxy) is 1. The number of sulfone groups is 1. The standard InChI is InChI=1S/C21H23NO8S2/c1-14-3-4-15(2)19(11-14)32(27,28)30-18-7-5-16(6-8-18)21(24)29-12-20(23)22-17-9-10-31(25,26)13-17/h3-8,11,17H,9-10,12-13H2,1-2H3,(H,22,23). The number of carbonyl (C=O) groups excluding carboxylic acids is 2. The third-order valence-electron chi connectivity index (χ3n) is 4.84. The molecule has 0 saturated carbocycles. The molecular formula is C21H23NO8S2. The molecule has 11 heteroatoms. The SMILES string of the molecule is Cc1ccc(C)c(S(=O)(=O)Oc2ccc(C(=O)OCC(=O)NC3CCS(=O)(=O)C3)cc2)c1. The van der Waals surface area contributed by atoms with Crippen LogP contribution in [0.15, 0.2) is 47.4 Å². The van der Waals surface area contributed by atoms with Crippen LogP contribution in [0.3, 0.4) is 0 Å². The quantitative estimate of drug-likeness (QED) is 0.465. The lowest BCUT2D eigenvalue weighted by Crippen LogP contribution is -2.38. The zero-order valence-electron chi connectivity index (χ0n) is 17.5. The summed E-state index contributed by atoms with van der Waals surface area (Å²) < 4.78 is 58.0. The second-order valence-corrected chi connectivity index (χ2v) is 11.3. The van der Waals surface area contributed by atoms with Crippen LogP contribution < -0.4 is 9.50 Å². The maximum absolute atomic E-state index is 12.6. The summed E-state index contributed by atoms with van der Waals surface area (Å²) in [4.78, 5) is 24.1. The minimum atomic E-state index is -4.05. The van der Waals surface area contributed by atoms with Crippen molar-refractivity contribution in [3.63, 3.8) is 0 Å². The summed E-state index contributed by atoms with van der Waals surface area (Å²) in [5.74, 6) is -1.48. The molecule has 1 unspecified atom stereocenters. The van der Waals surface area contributed by atoms with Crippen LogP contribution in [0.5, 0.6) is 5.75 Å². The first kappa shape index (κ1) is 23.7. The van der Waals surface area contributed by atoms with Crippen molar-refractivity contribution in [2.45, 2.75) is 31.2 Å². The molecule has 1 fully saturated rings. The highest BCUT2D eigenvalue weighted by Gasteiger charge is 2.29. The van der Waals surface area contributed by atoms with Gasteiger partial charge in [0.25, 0.3) is 5.91 Å². The van der Waals surface area contributed by atoms with E-state index in [4.69, 9.17) is 8.92 Å². The van der Waals surface area contributed by atoms with E-state index < -0.39 is 44.5 Å². The van der Waals surface area contributed by atoms with Crippen LogP contribution in [-0.2, 0) is 29.5 Å². The van der Waals surface area contributed by atoms with Crippen LogP contribution in [0.1, 0.15) is 27.9 Å². The number of hydrogen-bond donors (Lipinski definition) is 1. The van der Waals surface area contributed by atoms with E-state index in [0.717, 1.165) is 5.56 Å². The van der Waals surface area contributed by atoms with Crippen LogP contribution in [-0.4, -0.2) is 52.9 Å². The number of nitrogens with one attached hydrogen (secondary N) is 1. The van der Waals surface area contributed by atoms with E-state index in [1.54, 1.807) is 26.0 Å². The van der Waals surface area contributed by atoms with Crippen molar-refractivity contribution >= 4 is 31.8 Å². The van der Waals surface area contributed by atoms with Gasteiger partial charge in [-0.25, -0.2) is 13.2 Å². The first-order valence-corrected chi connectivity index (χ1v) is 13.0. The van der Waals surface area contributed by atoms with Crippen molar-refractivity contribution in [1.82, 2.24) is 5.32 Å². The van der Waals surface area contributed by atoms with Crippen LogP contribution in [0.25, 0.3) is 0 Å². The Balaban J connectivity index is 1.56. The molecule has 3 rings (SSSR count). The Morgan fingerprint density at radius 3 is 2.41 bits per heavy atom. The molecule has 0 bridgehead atoms. The Morgan fingerprint density at radius 2 is 1.78 bits per heavy atom. The van der Waals surface area contributed by atoms with E-state index in [-0.39, 0.29) is 27.7 Å². The van der Waals surface area contributed by atoms with Gasteiger partial charge in [-0.05, 0) is 61.7 Å². The first-order valence-electron chi connectivity index (χ1n) is 9.74. The normalized spacial score (nSPS) is 17.5. The smallest absolute Gasteiger partial charge is 0.339 e. The Hall–Kier alpha value is -2.92. The minimum Gasteiger partial charge on any atom is -0.452 e. The molecule has 0 spiro atoms. The Labute approximate surface area is 186 Å². The van der Waals surface area contributed by atoms with E-state index in [1.165, 1.54) is 30.3 Å². The van der Waals surface area contributed by atoms with Crippen LogP contribution in [0.4, 0.5) is 0 Å². The van der Waals surface area contributed by atoms with Crippen molar-refractivity contribution in [3.8, 4) is 5.75 Å². The van der Waals surface area contributed by atoms with Gasteiger partial charge in [-0.3, -0.25) is 4.79 Å². The van der Waals surface area contributed by atoms with Gasteiger partial charge in [-0.15, -0.1) is 0 Å². The molecule has 1 aliphatic rings. The molecule has 2 aromatic rings. The third kappa shape index (κ3) is 6.07. The van der Waals surface area contributed by atoms with E-state index >= 15 is 0 Å². The summed E-state index contributed by atoms with van der Waals surface area (Å²) in [6.45, 7) is 2.88. The predicted molar refractivity (Wildman–Crippen MR) is 116 cm³/mol. The maximum Gasteiger partial charge on any atom is 0.339 e. The number of aryl methyl sites for hydroxylation is 2. The van der Waals surface area contributed by atoms with E-state index in [9.17, 15) is 26.4 Å². The zero-order chi connectivity index (χ0) is 23.5. The highest BCUT2D eigenvalue weighted by atomic mass is 32.2. The molecular weight excluding hydrogens is 458 g/mol. The maximum atomic E-state index is 12.6. The summed E-state index contributed by atoms with van der Waals surface area (Å²) in [6, 6.07) is 9.77. The van der Waals surface area contributed by atoms with Crippen molar-refractivity contribution in [2.75, 3.05) is 18.1 Å². The number of rotatable bonds is 7.